The third-order valence-electron chi connectivity index (χ3n) is 6.63. The highest BCUT2D eigenvalue weighted by molar-refractivity contribution is 6.30. The number of imidazole rings is 3. The second-order valence-electron chi connectivity index (χ2n) is 9.75. The van der Waals surface area contributed by atoms with Crippen LogP contribution in [-0.4, -0.2) is 13.7 Å². The Kier molecular flexibility index (Phi) is 9.33. The molecule has 0 aliphatic carbocycles. The van der Waals surface area contributed by atoms with Crippen LogP contribution >= 0.6 is 23.2 Å². The lowest BCUT2D eigenvalue weighted by molar-refractivity contribution is -0.697. The minimum absolute atomic E-state index is 0.682. The number of benzene rings is 2. The van der Waals surface area contributed by atoms with E-state index in [2.05, 4.69) is 57.4 Å². The number of hydrogen-bond donors (Lipinski definition) is 0. The lowest BCUT2D eigenvalue weighted by Crippen LogP contribution is -2.32. The van der Waals surface area contributed by atoms with Gasteiger partial charge in [-0.05, 0) is 48.5 Å². The van der Waals surface area contributed by atoms with Crippen LogP contribution in [0.15, 0.2) is 112 Å². The van der Waals surface area contributed by atoms with Crippen LogP contribution in [0.2, 0.25) is 10.0 Å². The van der Waals surface area contributed by atoms with Gasteiger partial charge in [0.1, 0.15) is 23.8 Å². The van der Waals surface area contributed by atoms with E-state index in [-0.39, 0.29) is 0 Å². The minimum atomic E-state index is 0.682. The molecular weight excluding hydrogens is 559 g/mol. The summed E-state index contributed by atoms with van der Waals surface area (Å²) in [5, 5.41) is 19.0. The molecule has 0 saturated carbocycles. The van der Waals surface area contributed by atoms with Gasteiger partial charge in [0.2, 0.25) is 6.33 Å². The van der Waals surface area contributed by atoms with Crippen molar-refractivity contribution in [1.29, 1.82) is 0 Å². The predicted molar refractivity (Wildman–Crippen MR) is 156 cm³/mol. The average Bonchev–Trinajstić information content (AvgIpc) is 3.67. The fourth-order valence-electron chi connectivity index (χ4n) is 4.41. The number of nitrogens with zero attached hydrogens (tertiary/aromatic N) is 10. The zero-order valence-corrected chi connectivity index (χ0v) is 24.6. The van der Waals surface area contributed by atoms with Crippen LogP contribution in [0.25, 0.3) is 0 Å². The minimum Gasteiger partial charge on any atom is -0.237 e. The van der Waals surface area contributed by atoms with Crippen molar-refractivity contribution in [3.05, 3.63) is 102 Å². The van der Waals surface area contributed by atoms with E-state index in [1.54, 1.807) is 0 Å². The van der Waals surface area contributed by atoms with E-state index in [1.807, 2.05) is 96.5 Å². The van der Waals surface area contributed by atoms with Crippen molar-refractivity contribution in [3.63, 3.8) is 0 Å². The highest BCUT2D eigenvalue weighted by Crippen LogP contribution is 2.20. The summed E-state index contributed by atoms with van der Waals surface area (Å²) < 4.78 is 12.6. The van der Waals surface area contributed by atoms with Gasteiger partial charge >= 0.3 is 11.9 Å². The van der Waals surface area contributed by atoms with Crippen molar-refractivity contribution >= 4 is 46.5 Å². The topological polar surface area (TPSA) is 75.9 Å². The summed E-state index contributed by atoms with van der Waals surface area (Å²) in [6.45, 7) is 3.49. The van der Waals surface area contributed by atoms with E-state index in [0.717, 1.165) is 62.3 Å². The molecule has 2 aromatic carbocycles. The molecule has 12 heteroatoms. The van der Waals surface area contributed by atoms with Crippen LogP contribution < -0.4 is 13.7 Å². The molecular formula is C29H33Cl2N10+3. The van der Waals surface area contributed by atoms with Gasteiger partial charge in [-0.25, -0.2) is 27.4 Å². The van der Waals surface area contributed by atoms with Gasteiger partial charge in [-0.15, -0.1) is 0 Å². The summed E-state index contributed by atoms with van der Waals surface area (Å²) in [6, 6.07) is 14.7. The molecule has 0 fully saturated rings. The molecule has 5 aromatic rings. The summed E-state index contributed by atoms with van der Waals surface area (Å²) >= 11 is 11.9. The maximum Gasteiger partial charge on any atom is 0.421 e. The zero-order valence-electron chi connectivity index (χ0n) is 23.1. The van der Waals surface area contributed by atoms with Crippen LogP contribution in [0.5, 0.6) is 0 Å². The maximum atomic E-state index is 5.96. The number of halogens is 2. The van der Waals surface area contributed by atoms with Crippen molar-refractivity contribution in [2.45, 2.75) is 39.0 Å². The summed E-state index contributed by atoms with van der Waals surface area (Å²) in [5.41, 5.74) is 1.53. The molecule has 0 saturated heterocycles. The number of aromatic nitrogens is 6. The molecule has 0 radical (unpaired) electrons. The van der Waals surface area contributed by atoms with Crippen LogP contribution in [0.4, 0.5) is 23.3 Å². The first kappa shape index (κ1) is 28.4. The van der Waals surface area contributed by atoms with E-state index < -0.39 is 0 Å². The number of aryl methyl sites for hydroxylation is 6. The van der Waals surface area contributed by atoms with Gasteiger partial charge in [0.25, 0.3) is 0 Å². The first-order valence-corrected chi connectivity index (χ1v) is 14.2. The molecule has 10 nitrogen and oxygen atoms in total. The Balaban J connectivity index is 1.10. The van der Waals surface area contributed by atoms with Crippen molar-refractivity contribution in [2.75, 3.05) is 0 Å². The summed E-state index contributed by atoms with van der Waals surface area (Å²) in [7, 11) is 3.95. The molecule has 0 aliphatic heterocycles. The van der Waals surface area contributed by atoms with Gasteiger partial charge in [0, 0.05) is 33.1 Å². The van der Waals surface area contributed by atoms with Gasteiger partial charge in [-0.2, -0.15) is 0 Å². The lowest BCUT2D eigenvalue weighted by Gasteiger charge is -1.99. The van der Waals surface area contributed by atoms with Crippen LogP contribution in [-0.2, 0) is 40.3 Å². The Morgan fingerprint density at radius 3 is 1.66 bits per heavy atom. The second-order valence-corrected chi connectivity index (χ2v) is 10.6. The fourth-order valence-corrected chi connectivity index (χ4v) is 4.66. The van der Waals surface area contributed by atoms with Crippen molar-refractivity contribution in [2.24, 2.45) is 34.6 Å². The average molecular weight is 593 g/mol. The molecule has 5 rings (SSSR count). The second kappa shape index (κ2) is 13.5. The normalized spacial score (nSPS) is 11.8. The molecule has 0 N–H and O–H groups in total. The van der Waals surface area contributed by atoms with E-state index in [0.29, 0.717) is 10.0 Å². The highest BCUT2D eigenvalue weighted by Gasteiger charge is 2.16. The zero-order chi connectivity index (χ0) is 28.6. The SMILES string of the molecule is C[n+]1ccn(CCCn2cc[n+](CCCn3cc[n+](C)c3N=Nc3ccc(Cl)cc3)c2)c1N=Nc1ccc(Cl)cc1. The van der Waals surface area contributed by atoms with E-state index >= 15 is 0 Å². The van der Waals surface area contributed by atoms with Crippen molar-refractivity contribution in [3.8, 4) is 0 Å². The number of hydrogen-bond acceptors (Lipinski definition) is 4. The largest absolute Gasteiger partial charge is 0.421 e. The molecule has 3 aromatic heterocycles. The molecule has 0 atom stereocenters. The van der Waals surface area contributed by atoms with E-state index in [9.17, 15) is 0 Å². The molecule has 41 heavy (non-hydrogen) atoms. The Morgan fingerprint density at radius 2 is 1.12 bits per heavy atom. The van der Waals surface area contributed by atoms with Crippen molar-refractivity contribution < 1.29 is 13.7 Å². The standard InChI is InChI=1S/C29H33Cl2N10/c1-36-17-21-40(28(36)34-32-26-9-5-24(30)6-10-26)15-3-13-38-19-20-39(23-38)14-4-16-41-22-18-37(2)29(41)35-33-27-11-7-25(31)8-12-27/h5-12,17-23H,3-4,13-16H2,1-2H3/q+3. The van der Waals surface area contributed by atoms with Crippen LogP contribution in [0.1, 0.15) is 12.8 Å². The Bertz CT molecular complexity index is 1510. The summed E-state index contributed by atoms with van der Waals surface area (Å²) in [6.07, 6.45) is 16.4. The van der Waals surface area contributed by atoms with Crippen LogP contribution in [0, 0.1) is 0 Å². The van der Waals surface area contributed by atoms with Gasteiger partial charge in [0.05, 0.1) is 65.1 Å². The van der Waals surface area contributed by atoms with Crippen molar-refractivity contribution in [1.82, 2.24) is 13.7 Å². The molecule has 0 unspecified atom stereocenters. The van der Waals surface area contributed by atoms with E-state index in [1.165, 1.54) is 0 Å². The van der Waals surface area contributed by atoms with E-state index in [4.69, 9.17) is 23.2 Å². The van der Waals surface area contributed by atoms with Gasteiger partial charge in [0.15, 0.2) is 0 Å². The Hall–Kier alpha value is -4.15. The molecule has 210 valence electrons. The smallest absolute Gasteiger partial charge is 0.237 e. The highest BCUT2D eigenvalue weighted by atomic mass is 35.5. The molecule has 0 aliphatic rings. The fraction of sp³-hybridized carbons (Fsp3) is 0.276. The first-order valence-electron chi connectivity index (χ1n) is 13.4. The number of rotatable bonds is 12. The van der Waals surface area contributed by atoms with Crippen LogP contribution in [0.3, 0.4) is 0 Å². The number of azo groups is 2. The Morgan fingerprint density at radius 1 is 0.610 bits per heavy atom. The third kappa shape index (κ3) is 7.74. The van der Waals surface area contributed by atoms with Gasteiger partial charge < -0.3 is 0 Å². The summed E-state index contributed by atoms with van der Waals surface area (Å²) in [5.74, 6) is 1.60. The molecule has 0 bridgehead atoms. The molecule has 3 heterocycles. The van der Waals surface area contributed by atoms with Gasteiger partial charge in [-0.1, -0.05) is 33.4 Å². The van der Waals surface area contributed by atoms with Gasteiger partial charge in [-0.3, -0.25) is 0 Å². The third-order valence-corrected chi connectivity index (χ3v) is 7.13. The Labute approximate surface area is 249 Å². The molecule has 0 spiro atoms. The monoisotopic (exact) mass is 591 g/mol. The summed E-state index contributed by atoms with van der Waals surface area (Å²) in [4.78, 5) is 0. The first-order chi connectivity index (χ1) is 19.9. The predicted octanol–water partition coefficient (Wildman–Crippen LogP) is 6.35. The maximum absolute atomic E-state index is 5.96. The lowest BCUT2D eigenvalue weighted by atomic mass is 10.3. The molecule has 0 amide bonds. The quantitative estimate of drug-likeness (QED) is 0.120.